The van der Waals surface area contributed by atoms with Crippen molar-refractivity contribution in [3.05, 3.63) is 59.8 Å². The van der Waals surface area contributed by atoms with E-state index in [0.29, 0.717) is 23.3 Å². The highest BCUT2D eigenvalue weighted by molar-refractivity contribution is 7.19. The summed E-state index contributed by atoms with van der Waals surface area (Å²) in [5.41, 5.74) is 3.96. The first-order valence-corrected chi connectivity index (χ1v) is 15.7. The first kappa shape index (κ1) is 28.4. The highest BCUT2D eigenvalue weighted by Gasteiger charge is 2.29. The van der Waals surface area contributed by atoms with Crippen LogP contribution in [-0.2, 0) is 4.79 Å². The zero-order chi connectivity index (χ0) is 28.9. The van der Waals surface area contributed by atoms with Gasteiger partial charge >= 0.3 is 0 Å². The largest absolute Gasteiger partial charge is 0.491 e. The summed E-state index contributed by atoms with van der Waals surface area (Å²) in [6.07, 6.45) is 6.17. The lowest BCUT2D eigenvalue weighted by molar-refractivity contribution is -0.117. The van der Waals surface area contributed by atoms with Gasteiger partial charge in [-0.15, -0.1) is 0 Å². The van der Waals surface area contributed by atoms with Gasteiger partial charge in [0.1, 0.15) is 12.4 Å². The van der Waals surface area contributed by atoms with E-state index in [1.54, 1.807) is 6.20 Å². The number of rotatable bonds is 12. The van der Waals surface area contributed by atoms with Crippen molar-refractivity contribution in [2.45, 2.75) is 32.6 Å². The third-order valence-corrected chi connectivity index (χ3v) is 8.58. The molecule has 2 aromatic heterocycles. The molecule has 42 heavy (non-hydrogen) atoms. The summed E-state index contributed by atoms with van der Waals surface area (Å²) < 4.78 is 5.94. The molecule has 1 saturated heterocycles. The minimum Gasteiger partial charge on any atom is -0.491 e. The van der Waals surface area contributed by atoms with Crippen molar-refractivity contribution in [2.75, 3.05) is 48.7 Å². The molecule has 0 unspecified atom stereocenters. The standard InChI is InChI=1S/C31H34ClN7O2S/c1-2-33-31-38-27(21-6-5-7-22(18-21)35-29(40)20-8-9-20)28(42-31)25-12-13-34-30(37-25)36-23-10-11-26(24(32)19-23)41-17-16-39-14-3-4-15-39/h5-7,10-13,18-20H,2-4,8-9,14-17H2,1H3,(H,33,38)(H,35,40)(H,34,36,37). The number of anilines is 4. The number of nitrogens with one attached hydrogen (secondary N) is 3. The Balaban J connectivity index is 1.19. The average Bonchev–Trinajstić information content (AvgIpc) is 3.56. The molecule has 4 aromatic rings. The number of benzene rings is 2. The Morgan fingerprint density at radius 2 is 1.95 bits per heavy atom. The lowest BCUT2D eigenvalue weighted by atomic mass is 10.1. The van der Waals surface area contributed by atoms with Crippen molar-refractivity contribution in [1.29, 1.82) is 0 Å². The molecule has 1 amide bonds. The van der Waals surface area contributed by atoms with Crippen LogP contribution in [0.15, 0.2) is 54.7 Å². The fourth-order valence-electron chi connectivity index (χ4n) is 4.91. The number of amides is 1. The van der Waals surface area contributed by atoms with Crippen LogP contribution in [0.3, 0.4) is 0 Å². The normalized spacial score (nSPS) is 15.0. The summed E-state index contributed by atoms with van der Waals surface area (Å²) >= 11 is 8.08. The molecule has 0 bridgehead atoms. The van der Waals surface area contributed by atoms with E-state index in [-0.39, 0.29) is 11.8 Å². The lowest BCUT2D eigenvalue weighted by Gasteiger charge is -2.16. The average molecular weight is 604 g/mol. The number of nitrogens with zero attached hydrogens (tertiary/aromatic N) is 4. The maximum absolute atomic E-state index is 12.3. The highest BCUT2D eigenvalue weighted by atomic mass is 35.5. The lowest BCUT2D eigenvalue weighted by Crippen LogP contribution is -2.25. The summed E-state index contributed by atoms with van der Waals surface area (Å²) in [6, 6.07) is 15.3. The van der Waals surface area contributed by atoms with Crippen LogP contribution >= 0.6 is 22.9 Å². The minimum absolute atomic E-state index is 0.0762. The first-order chi connectivity index (χ1) is 20.6. The van der Waals surface area contributed by atoms with Crippen molar-refractivity contribution in [2.24, 2.45) is 5.92 Å². The van der Waals surface area contributed by atoms with Crippen LogP contribution in [0.2, 0.25) is 5.02 Å². The van der Waals surface area contributed by atoms with Gasteiger partial charge in [-0.1, -0.05) is 35.1 Å². The van der Waals surface area contributed by atoms with Gasteiger partial charge in [-0.25, -0.2) is 15.0 Å². The van der Waals surface area contributed by atoms with Gasteiger partial charge in [-0.2, -0.15) is 0 Å². The van der Waals surface area contributed by atoms with Gasteiger partial charge in [-0.05, 0) is 82.1 Å². The summed E-state index contributed by atoms with van der Waals surface area (Å²) in [7, 11) is 0. The Morgan fingerprint density at radius 1 is 1.10 bits per heavy atom. The molecule has 0 spiro atoms. The molecule has 2 fully saturated rings. The summed E-state index contributed by atoms with van der Waals surface area (Å²) in [5.74, 6) is 1.32. The second-order valence-corrected chi connectivity index (χ2v) is 11.9. The number of hydrogen-bond acceptors (Lipinski definition) is 9. The number of aromatic nitrogens is 3. The first-order valence-electron chi connectivity index (χ1n) is 14.5. The number of thiazole rings is 1. The number of carbonyl (C=O) groups is 1. The van der Waals surface area contributed by atoms with Gasteiger partial charge in [0.05, 0.1) is 21.3 Å². The van der Waals surface area contributed by atoms with Gasteiger partial charge in [0.2, 0.25) is 11.9 Å². The fourth-order valence-corrected chi connectivity index (χ4v) is 6.17. The maximum Gasteiger partial charge on any atom is 0.227 e. The van der Waals surface area contributed by atoms with Crippen LogP contribution < -0.4 is 20.7 Å². The summed E-state index contributed by atoms with van der Waals surface area (Å²) in [5, 5.41) is 11.0. The molecule has 6 rings (SSSR count). The van der Waals surface area contributed by atoms with E-state index in [9.17, 15) is 4.79 Å². The second kappa shape index (κ2) is 13.1. The number of hydrogen-bond donors (Lipinski definition) is 3. The Kier molecular flexibility index (Phi) is 8.83. The van der Waals surface area contributed by atoms with Crippen LogP contribution in [0.1, 0.15) is 32.6 Å². The van der Waals surface area contributed by atoms with Gasteiger partial charge in [-0.3, -0.25) is 9.69 Å². The number of carbonyl (C=O) groups excluding carboxylic acids is 1. The molecule has 1 aliphatic heterocycles. The van der Waals surface area contributed by atoms with Crippen molar-refractivity contribution < 1.29 is 9.53 Å². The van der Waals surface area contributed by atoms with E-state index >= 15 is 0 Å². The topological polar surface area (TPSA) is 104 Å². The van der Waals surface area contributed by atoms with Crippen molar-refractivity contribution >= 4 is 51.3 Å². The van der Waals surface area contributed by atoms with E-state index in [1.165, 1.54) is 24.2 Å². The molecule has 0 radical (unpaired) electrons. The summed E-state index contributed by atoms with van der Waals surface area (Å²) in [6.45, 7) is 6.59. The van der Waals surface area contributed by atoms with Crippen LogP contribution in [0, 0.1) is 5.92 Å². The van der Waals surface area contributed by atoms with Gasteiger partial charge < -0.3 is 20.7 Å². The molecule has 218 valence electrons. The molecule has 0 atom stereocenters. The minimum atomic E-state index is 0.0762. The SMILES string of the molecule is CCNc1nc(-c2cccc(NC(=O)C3CC3)c2)c(-c2ccnc(Nc3ccc(OCCN4CCCC4)c(Cl)c3)n2)s1. The van der Waals surface area contributed by atoms with E-state index in [0.717, 1.165) is 77.4 Å². The predicted octanol–water partition coefficient (Wildman–Crippen LogP) is 6.92. The van der Waals surface area contributed by atoms with E-state index < -0.39 is 0 Å². The fraction of sp³-hybridized carbons (Fsp3) is 0.355. The molecule has 1 aliphatic carbocycles. The van der Waals surface area contributed by atoms with E-state index in [4.69, 9.17) is 26.3 Å². The van der Waals surface area contributed by atoms with Crippen molar-refractivity contribution in [3.8, 4) is 27.6 Å². The molecule has 2 aromatic carbocycles. The van der Waals surface area contributed by atoms with Crippen LogP contribution in [-0.4, -0.2) is 58.5 Å². The van der Waals surface area contributed by atoms with E-state index in [2.05, 4.69) is 25.8 Å². The molecule has 3 N–H and O–H groups in total. The highest BCUT2D eigenvalue weighted by Crippen LogP contribution is 2.39. The third-order valence-electron chi connectivity index (χ3n) is 7.25. The summed E-state index contributed by atoms with van der Waals surface area (Å²) in [4.78, 5) is 29.8. The molecule has 9 nitrogen and oxygen atoms in total. The number of likely N-dealkylation sites (tertiary alicyclic amines) is 1. The molecule has 11 heteroatoms. The quantitative estimate of drug-likeness (QED) is 0.160. The number of ether oxygens (including phenoxy) is 1. The Morgan fingerprint density at radius 3 is 2.74 bits per heavy atom. The smallest absolute Gasteiger partial charge is 0.227 e. The maximum atomic E-state index is 12.3. The Labute approximate surface area is 254 Å². The zero-order valence-corrected chi connectivity index (χ0v) is 25.1. The second-order valence-electron chi connectivity index (χ2n) is 10.5. The number of halogens is 1. The van der Waals surface area contributed by atoms with Gasteiger partial charge in [0.15, 0.2) is 5.13 Å². The molecule has 3 heterocycles. The van der Waals surface area contributed by atoms with Gasteiger partial charge in [0, 0.05) is 42.1 Å². The van der Waals surface area contributed by atoms with Crippen LogP contribution in [0.5, 0.6) is 5.75 Å². The molecule has 1 saturated carbocycles. The van der Waals surface area contributed by atoms with Crippen molar-refractivity contribution in [1.82, 2.24) is 19.9 Å². The predicted molar refractivity (Wildman–Crippen MR) is 170 cm³/mol. The van der Waals surface area contributed by atoms with Crippen LogP contribution in [0.4, 0.5) is 22.5 Å². The zero-order valence-electron chi connectivity index (χ0n) is 23.5. The monoisotopic (exact) mass is 603 g/mol. The van der Waals surface area contributed by atoms with Gasteiger partial charge in [0.25, 0.3) is 0 Å². The van der Waals surface area contributed by atoms with Crippen LogP contribution in [0.25, 0.3) is 21.8 Å². The molecule has 2 aliphatic rings. The third kappa shape index (κ3) is 7.00. The molecular formula is C31H34ClN7O2S. The van der Waals surface area contributed by atoms with E-state index in [1.807, 2.05) is 55.5 Å². The Bertz CT molecular complexity index is 1550. The Hall–Kier alpha value is -3.73. The molecular weight excluding hydrogens is 570 g/mol. The van der Waals surface area contributed by atoms with Crippen molar-refractivity contribution in [3.63, 3.8) is 0 Å².